The van der Waals surface area contributed by atoms with Gasteiger partial charge in [-0.1, -0.05) is 18.2 Å². The van der Waals surface area contributed by atoms with Crippen molar-refractivity contribution in [2.24, 2.45) is 0 Å². The third kappa shape index (κ3) is 3.80. The van der Waals surface area contributed by atoms with Crippen LogP contribution >= 0.6 is 11.3 Å². The van der Waals surface area contributed by atoms with Gasteiger partial charge in [-0.3, -0.25) is 9.59 Å². The molecular formula is C17H17N3O3S. The molecule has 0 aliphatic carbocycles. The zero-order chi connectivity index (χ0) is 16.9. The van der Waals surface area contributed by atoms with Gasteiger partial charge in [-0.2, -0.15) is 0 Å². The summed E-state index contributed by atoms with van der Waals surface area (Å²) < 4.78 is 6.77. The van der Waals surface area contributed by atoms with Crippen LogP contribution in [0.2, 0.25) is 0 Å². The van der Waals surface area contributed by atoms with Crippen LogP contribution in [-0.4, -0.2) is 28.0 Å². The minimum atomic E-state index is -0.320. The highest BCUT2D eigenvalue weighted by Crippen LogP contribution is 2.18. The third-order valence-electron chi connectivity index (χ3n) is 3.42. The molecule has 24 heavy (non-hydrogen) atoms. The van der Waals surface area contributed by atoms with E-state index in [4.69, 9.17) is 4.74 Å². The molecule has 0 unspecified atom stereocenters. The highest BCUT2D eigenvalue weighted by molar-refractivity contribution is 7.13. The number of nitrogens with one attached hydrogen (secondary N) is 1. The van der Waals surface area contributed by atoms with Crippen LogP contribution in [0.1, 0.15) is 12.6 Å². The predicted octanol–water partition coefficient (Wildman–Crippen LogP) is 2.84. The molecule has 6 nitrogen and oxygen atoms in total. The second-order valence-corrected chi connectivity index (χ2v) is 6.03. The minimum absolute atomic E-state index is 0.114. The normalized spacial score (nSPS) is 10.7. The van der Waals surface area contributed by atoms with Crippen molar-refractivity contribution in [3.05, 3.63) is 47.6 Å². The first-order valence-electron chi connectivity index (χ1n) is 7.59. The summed E-state index contributed by atoms with van der Waals surface area (Å²) in [5.74, 6) is -0.479. The van der Waals surface area contributed by atoms with E-state index in [2.05, 4.69) is 10.3 Å². The molecule has 0 atom stereocenters. The first-order chi connectivity index (χ1) is 11.7. The van der Waals surface area contributed by atoms with Gasteiger partial charge in [-0.25, -0.2) is 4.98 Å². The molecule has 2 heterocycles. The fraction of sp³-hybridized carbons (Fsp3) is 0.235. The summed E-state index contributed by atoms with van der Waals surface area (Å²) in [5.41, 5.74) is 1.61. The van der Waals surface area contributed by atoms with Crippen LogP contribution in [-0.2, 0) is 27.3 Å². The van der Waals surface area contributed by atoms with E-state index in [1.807, 2.05) is 41.1 Å². The van der Waals surface area contributed by atoms with Gasteiger partial charge in [0.25, 0.3) is 0 Å². The molecule has 1 aromatic carbocycles. The van der Waals surface area contributed by atoms with E-state index in [1.165, 1.54) is 11.3 Å². The van der Waals surface area contributed by atoms with Crippen molar-refractivity contribution >= 4 is 39.2 Å². The summed E-state index contributed by atoms with van der Waals surface area (Å²) >= 11 is 1.29. The molecule has 0 fully saturated rings. The Bertz CT molecular complexity index is 869. The molecule has 0 bridgehead atoms. The molecular weight excluding hydrogens is 326 g/mol. The van der Waals surface area contributed by atoms with Crippen molar-refractivity contribution in [1.29, 1.82) is 0 Å². The van der Waals surface area contributed by atoms with Crippen molar-refractivity contribution in [2.75, 3.05) is 11.9 Å². The molecule has 3 rings (SSSR count). The van der Waals surface area contributed by atoms with Gasteiger partial charge in [0.15, 0.2) is 5.13 Å². The average Bonchev–Trinajstić information content (AvgIpc) is 3.15. The molecule has 2 aromatic heterocycles. The highest BCUT2D eigenvalue weighted by atomic mass is 32.1. The number of benzene rings is 1. The summed E-state index contributed by atoms with van der Waals surface area (Å²) in [4.78, 5) is 27.9. The van der Waals surface area contributed by atoms with Crippen LogP contribution in [0, 0.1) is 0 Å². The Morgan fingerprint density at radius 2 is 2.12 bits per heavy atom. The van der Waals surface area contributed by atoms with Crippen molar-refractivity contribution in [3.63, 3.8) is 0 Å². The summed E-state index contributed by atoms with van der Waals surface area (Å²) in [6, 6.07) is 9.87. The topological polar surface area (TPSA) is 73.2 Å². The lowest BCUT2D eigenvalue weighted by Crippen LogP contribution is -2.18. The molecule has 124 valence electrons. The second-order valence-electron chi connectivity index (χ2n) is 5.18. The molecule has 0 aliphatic heterocycles. The van der Waals surface area contributed by atoms with Gasteiger partial charge in [-0.15, -0.1) is 11.3 Å². The largest absolute Gasteiger partial charge is 0.466 e. The van der Waals surface area contributed by atoms with Gasteiger partial charge in [0.2, 0.25) is 5.91 Å². The van der Waals surface area contributed by atoms with E-state index in [0.29, 0.717) is 17.4 Å². The quantitative estimate of drug-likeness (QED) is 0.699. The summed E-state index contributed by atoms with van der Waals surface area (Å²) in [5, 5.41) is 6.09. The Labute approximate surface area is 143 Å². The summed E-state index contributed by atoms with van der Waals surface area (Å²) in [6.07, 6.45) is 2.00. The van der Waals surface area contributed by atoms with Crippen molar-refractivity contribution in [1.82, 2.24) is 9.55 Å². The van der Waals surface area contributed by atoms with Crippen LogP contribution < -0.4 is 5.32 Å². The van der Waals surface area contributed by atoms with Crippen LogP contribution in [0.4, 0.5) is 5.13 Å². The number of ether oxygens (including phenoxy) is 1. The molecule has 0 saturated carbocycles. The number of carbonyl (C=O) groups excluding carboxylic acids is 2. The molecule has 3 aromatic rings. The lowest BCUT2D eigenvalue weighted by molar-refractivity contribution is -0.142. The second kappa shape index (κ2) is 7.27. The van der Waals surface area contributed by atoms with E-state index >= 15 is 0 Å². The number of para-hydroxylation sites is 1. The first-order valence-corrected chi connectivity index (χ1v) is 8.47. The van der Waals surface area contributed by atoms with Crippen LogP contribution in [0.5, 0.6) is 0 Å². The lowest BCUT2D eigenvalue weighted by atomic mass is 10.2. The standard InChI is InChI=1S/C17H17N3O3S/c1-2-23-16(22)9-13-11-24-17(18-13)19-15(21)10-20-8-7-12-5-3-4-6-14(12)20/h3-8,11H,2,9-10H2,1H3,(H,18,19,21). The lowest BCUT2D eigenvalue weighted by Gasteiger charge is -2.05. The maximum absolute atomic E-state index is 12.2. The van der Waals surface area contributed by atoms with Gasteiger partial charge in [0.1, 0.15) is 6.54 Å². The summed E-state index contributed by atoms with van der Waals surface area (Å²) in [7, 11) is 0. The van der Waals surface area contributed by atoms with Crippen molar-refractivity contribution in [3.8, 4) is 0 Å². The number of rotatable bonds is 6. The number of nitrogens with zero attached hydrogens (tertiary/aromatic N) is 2. The van der Waals surface area contributed by atoms with Crippen LogP contribution in [0.25, 0.3) is 10.9 Å². The number of esters is 1. The Hall–Kier alpha value is -2.67. The predicted molar refractivity (Wildman–Crippen MR) is 93.0 cm³/mol. The smallest absolute Gasteiger partial charge is 0.311 e. The zero-order valence-electron chi connectivity index (χ0n) is 13.2. The monoisotopic (exact) mass is 343 g/mol. The maximum atomic E-state index is 12.2. The van der Waals surface area contributed by atoms with E-state index in [9.17, 15) is 9.59 Å². The fourth-order valence-electron chi connectivity index (χ4n) is 2.40. The number of fused-ring (bicyclic) bond motifs is 1. The van der Waals surface area contributed by atoms with E-state index < -0.39 is 0 Å². The van der Waals surface area contributed by atoms with Crippen LogP contribution in [0.15, 0.2) is 41.9 Å². The highest BCUT2D eigenvalue weighted by Gasteiger charge is 2.11. The molecule has 0 spiro atoms. The van der Waals surface area contributed by atoms with Gasteiger partial charge >= 0.3 is 5.97 Å². The number of hydrogen-bond acceptors (Lipinski definition) is 5. The van der Waals surface area contributed by atoms with E-state index in [0.717, 1.165) is 10.9 Å². The number of hydrogen-bond donors (Lipinski definition) is 1. The zero-order valence-corrected chi connectivity index (χ0v) is 14.0. The van der Waals surface area contributed by atoms with Gasteiger partial charge < -0.3 is 14.6 Å². The number of carbonyl (C=O) groups is 2. The Kier molecular flexibility index (Phi) is 4.90. The van der Waals surface area contributed by atoms with E-state index in [1.54, 1.807) is 12.3 Å². The molecule has 0 saturated heterocycles. The number of anilines is 1. The molecule has 7 heteroatoms. The fourth-order valence-corrected chi connectivity index (χ4v) is 3.12. The Morgan fingerprint density at radius 1 is 1.29 bits per heavy atom. The first kappa shape index (κ1) is 16.2. The third-order valence-corrected chi connectivity index (χ3v) is 4.23. The average molecular weight is 343 g/mol. The van der Waals surface area contributed by atoms with Gasteiger partial charge in [0, 0.05) is 17.1 Å². The number of amides is 1. The molecule has 1 N–H and O–H groups in total. The summed E-state index contributed by atoms with van der Waals surface area (Å²) in [6.45, 7) is 2.31. The Morgan fingerprint density at radius 3 is 2.96 bits per heavy atom. The van der Waals surface area contributed by atoms with E-state index in [-0.39, 0.29) is 24.8 Å². The molecule has 0 aliphatic rings. The minimum Gasteiger partial charge on any atom is -0.466 e. The van der Waals surface area contributed by atoms with Crippen molar-refractivity contribution < 1.29 is 14.3 Å². The molecule has 0 radical (unpaired) electrons. The maximum Gasteiger partial charge on any atom is 0.311 e. The molecule has 1 amide bonds. The SMILES string of the molecule is CCOC(=O)Cc1csc(NC(=O)Cn2ccc3ccccc32)n1. The number of thiazole rings is 1. The van der Waals surface area contributed by atoms with Crippen LogP contribution in [0.3, 0.4) is 0 Å². The van der Waals surface area contributed by atoms with Gasteiger partial charge in [-0.05, 0) is 24.4 Å². The van der Waals surface area contributed by atoms with Gasteiger partial charge in [0.05, 0.1) is 18.7 Å². The number of aromatic nitrogens is 2. The Balaban J connectivity index is 1.61. The van der Waals surface area contributed by atoms with Crippen molar-refractivity contribution in [2.45, 2.75) is 19.9 Å².